The summed E-state index contributed by atoms with van der Waals surface area (Å²) in [6.45, 7) is -0.0446. The van der Waals surface area contributed by atoms with Crippen LogP contribution in [-0.2, 0) is 13.5 Å². The van der Waals surface area contributed by atoms with Crippen molar-refractivity contribution in [3.63, 3.8) is 0 Å². The van der Waals surface area contributed by atoms with Crippen LogP contribution >= 0.6 is 0 Å². The molecule has 5 nitrogen and oxygen atoms in total. The van der Waals surface area contributed by atoms with Crippen molar-refractivity contribution in [3.05, 3.63) is 28.3 Å². The first-order valence-corrected chi connectivity index (χ1v) is 3.27. The number of imidazole rings is 1. The first kappa shape index (κ1) is 7.71. The van der Waals surface area contributed by atoms with Gasteiger partial charge in [-0.2, -0.15) is 0 Å². The topological polar surface area (TPSA) is 61.0 Å². The highest BCUT2D eigenvalue weighted by molar-refractivity contribution is 4.95. The van der Waals surface area contributed by atoms with E-state index >= 15 is 0 Å². The number of hydrogen-bond donors (Lipinski definition) is 0. The Morgan fingerprint density at radius 1 is 1.82 bits per heavy atom. The molecule has 0 saturated carbocycles. The summed E-state index contributed by atoms with van der Waals surface area (Å²) < 4.78 is 1.77. The molecule has 0 aromatic carbocycles. The van der Waals surface area contributed by atoms with Crippen LogP contribution in [0.1, 0.15) is 5.69 Å². The van der Waals surface area contributed by atoms with Crippen LogP contribution < -0.4 is 0 Å². The molecule has 0 aliphatic heterocycles. The van der Waals surface area contributed by atoms with Gasteiger partial charge < -0.3 is 4.57 Å². The fraction of sp³-hybridized carbons (Fsp3) is 0.500. The average Bonchev–Trinajstić information content (AvgIpc) is 2.31. The largest absolute Gasteiger partial charge is 0.340 e. The first-order chi connectivity index (χ1) is 5.18. The Morgan fingerprint density at radius 3 is 3.00 bits per heavy atom. The Bertz CT molecular complexity index is 256. The van der Waals surface area contributed by atoms with Gasteiger partial charge in [0.05, 0.1) is 18.4 Å². The molecule has 11 heavy (non-hydrogen) atoms. The summed E-state index contributed by atoms with van der Waals surface area (Å²) in [4.78, 5) is 13.6. The molecular formula is C6H9N3O2. The van der Waals surface area contributed by atoms with Gasteiger partial charge in [0.2, 0.25) is 6.54 Å². The molecule has 1 rings (SSSR count). The number of hydrogen-bond acceptors (Lipinski definition) is 3. The third kappa shape index (κ3) is 2.37. The summed E-state index contributed by atoms with van der Waals surface area (Å²) in [6.07, 6.45) is 3.83. The standard InChI is InChI=1S/C6H9N3O2/c1-8-4-6(7-5-8)2-3-9(10)11/h4-5H,2-3H2,1H3. The summed E-state index contributed by atoms with van der Waals surface area (Å²) in [5.41, 5.74) is 0.768. The lowest BCUT2D eigenvalue weighted by atomic mass is 10.3. The SMILES string of the molecule is Cn1cnc(CC[N+](=O)[O-])c1. The van der Waals surface area contributed by atoms with Crippen LogP contribution in [0.2, 0.25) is 0 Å². The maximum Gasteiger partial charge on any atom is 0.209 e. The van der Waals surface area contributed by atoms with Gasteiger partial charge >= 0.3 is 0 Å². The van der Waals surface area contributed by atoms with Gasteiger partial charge in [-0.15, -0.1) is 0 Å². The van der Waals surface area contributed by atoms with E-state index < -0.39 is 0 Å². The normalized spacial score (nSPS) is 9.91. The molecule has 0 bridgehead atoms. The van der Waals surface area contributed by atoms with Crippen LogP contribution in [0.25, 0.3) is 0 Å². The molecule has 1 aromatic heterocycles. The minimum absolute atomic E-state index is 0.0446. The molecular weight excluding hydrogens is 146 g/mol. The highest BCUT2D eigenvalue weighted by atomic mass is 16.6. The van der Waals surface area contributed by atoms with Crippen LogP contribution in [0.4, 0.5) is 0 Å². The zero-order chi connectivity index (χ0) is 8.27. The quantitative estimate of drug-likeness (QED) is 0.464. The van der Waals surface area contributed by atoms with Crippen molar-refractivity contribution in [3.8, 4) is 0 Å². The average molecular weight is 155 g/mol. The monoisotopic (exact) mass is 155 g/mol. The summed E-state index contributed by atoms with van der Waals surface area (Å²) >= 11 is 0. The fourth-order valence-electron chi connectivity index (χ4n) is 0.802. The lowest BCUT2D eigenvalue weighted by Crippen LogP contribution is -2.03. The molecule has 0 fully saturated rings. The highest BCUT2D eigenvalue weighted by Gasteiger charge is 2.01. The van der Waals surface area contributed by atoms with Gasteiger partial charge in [-0.3, -0.25) is 10.1 Å². The minimum atomic E-state index is -0.339. The Kier molecular flexibility index (Phi) is 2.20. The van der Waals surface area contributed by atoms with Gasteiger partial charge in [-0.25, -0.2) is 4.98 Å². The number of aryl methyl sites for hydroxylation is 1. The third-order valence-electron chi connectivity index (χ3n) is 1.31. The maximum absolute atomic E-state index is 9.95. The van der Waals surface area contributed by atoms with E-state index in [1.807, 2.05) is 7.05 Å². The molecule has 5 heteroatoms. The molecule has 1 heterocycles. The van der Waals surface area contributed by atoms with Gasteiger partial charge in [-0.05, 0) is 0 Å². The Morgan fingerprint density at radius 2 is 2.55 bits per heavy atom. The van der Waals surface area contributed by atoms with E-state index in [4.69, 9.17) is 0 Å². The number of rotatable bonds is 3. The molecule has 0 saturated heterocycles. The lowest BCUT2D eigenvalue weighted by molar-refractivity contribution is -0.479. The van der Waals surface area contributed by atoms with Crippen molar-refractivity contribution in [1.29, 1.82) is 0 Å². The number of nitro groups is 1. The van der Waals surface area contributed by atoms with E-state index in [0.717, 1.165) is 5.69 Å². The molecule has 0 aliphatic rings. The predicted molar refractivity (Wildman–Crippen MR) is 38.8 cm³/mol. The van der Waals surface area contributed by atoms with E-state index in [1.165, 1.54) is 0 Å². The van der Waals surface area contributed by atoms with Crippen molar-refractivity contribution in [1.82, 2.24) is 9.55 Å². The highest BCUT2D eigenvalue weighted by Crippen LogP contribution is 1.94. The molecule has 0 amide bonds. The van der Waals surface area contributed by atoms with Crippen LogP contribution in [0.3, 0.4) is 0 Å². The Balaban J connectivity index is 2.45. The van der Waals surface area contributed by atoms with E-state index in [9.17, 15) is 10.1 Å². The van der Waals surface area contributed by atoms with Crippen molar-refractivity contribution >= 4 is 0 Å². The maximum atomic E-state index is 9.95. The summed E-state index contributed by atoms with van der Waals surface area (Å²) in [5.74, 6) is 0. The fourth-order valence-corrected chi connectivity index (χ4v) is 0.802. The van der Waals surface area contributed by atoms with Gasteiger partial charge in [0.1, 0.15) is 0 Å². The van der Waals surface area contributed by atoms with Crippen molar-refractivity contribution < 1.29 is 4.92 Å². The molecule has 0 aliphatic carbocycles. The Hall–Kier alpha value is -1.39. The molecule has 0 spiro atoms. The van der Waals surface area contributed by atoms with Gasteiger partial charge in [0, 0.05) is 18.2 Å². The minimum Gasteiger partial charge on any atom is -0.340 e. The second-order valence-electron chi connectivity index (χ2n) is 2.34. The number of aromatic nitrogens is 2. The van der Waals surface area contributed by atoms with Crippen LogP contribution in [0, 0.1) is 10.1 Å². The molecule has 0 N–H and O–H groups in total. The zero-order valence-electron chi connectivity index (χ0n) is 6.23. The van der Waals surface area contributed by atoms with Gasteiger partial charge in [0.15, 0.2) is 0 Å². The number of nitrogens with zero attached hydrogens (tertiary/aromatic N) is 3. The van der Waals surface area contributed by atoms with E-state index in [2.05, 4.69) is 4.98 Å². The second-order valence-corrected chi connectivity index (χ2v) is 2.34. The van der Waals surface area contributed by atoms with Crippen LogP contribution in [-0.4, -0.2) is 21.0 Å². The van der Waals surface area contributed by atoms with Crippen molar-refractivity contribution in [2.45, 2.75) is 6.42 Å². The molecule has 0 atom stereocenters. The van der Waals surface area contributed by atoms with Gasteiger partial charge in [0.25, 0.3) is 0 Å². The first-order valence-electron chi connectivity index (χ1n) is 3.27. The van der Waals surface area contributed by atoms with Gasteiger partial charge in [-0.1, -0.05) is 0 Å². The van der Waals surface area contributed by atoms with E-state index in [0.29, 0.717) is 6.42 Å². The van der Waals surface area contributed by atoms with Crippen molar-refractivity contribution in [2.24, 2.45) is 7.05 Å². The zero-order valence-corrected chi connectivity index (χ0v) is 6.23. The van der Waals surface area contributed by atoms with Crippen molar-refractivity contribution in [2.75, 3.05) is 6.54 Å². The summed E-state index contributed by atoms with van der Waals surface area (Å²) in [7, 11) is 1.84. The Labute approximate surface area is 63.8 Å². The second kappa shape index (κ2) is 3.14. The van der Waals surface area contributed by atoms with E-state index in [-0.39, 0.29) is 11.5 Å². The lowest BCUT2D eigenvalue weighted by Gasteiger charge is -1.88. The molecule has 1 aromatic rings. The molecule has 0 radical (unpaired) electrons. The smallest absolute Gasteiger partial charge is 0.209 e. The predicted octanol–water partition coefficient (Wildman–Crippen LogP) is 0.239. The third-order valence-corrected chi connectivity index (χ3v) is 1.31. The van der Waals surface area contributed by atoms with Crippen LogP contribution in [0.15, 0.2) is 12.5 Å². The van der Waals surface area contributed by atoms with Crippen LogP contribution in [0.5, 0.6) is 0 Å². The molecule has 60 valence electrons. The summed E-state index contributed by atoms with van der Waals surface area (Å²) in [5, 5.41) is 9.95. The molecule has 0 unspecified atom stereocenters. The van der Waals surface area contributed by atoms with E-state index in [1.54, 1.807) is 17.1 Å². The summed E-state index contributed by atoms with van der Waals surface area (Å²) in [6, 6.07) is 0.